The van der Waals surface area contributed by atoms with Gasteiger partial charge >= 0.3 is 0 Å². The maximum atomic E-state index is 5.62. The average molecular weight is 243 g/mol. The third-order valence-corrected chi connectivity index (χ3v) is 3.05. The molecule has 1 fully saturated rings. The molecule has 0 bridgehead atoms. The Morgan fingerprint density at radius 3 is 2.65 bits per heavy atom. The second-order valence-corrected chi connectivity index (χ2v) is 4.12. The molecule has 1 aliphatic heterocycles. The molecule has 0 aliphatic carbocycles. The summed E-state index contributed by atoms with van der Waals surface area (Å²) in [5, 5.41) is 2.13. The van der Waals surface area contributed by atoms with Gasteiger partial charge in [-0.2, -0.15) is 0 Å². The summed E-state index contributed by atoms with van der Waals surface area (Å²) in [6.45, 7) is 6.38. The number of ether oxygens (including phenoxy) is 2. The van der Waals surface area contributed by atoms with E-state index in [-0.39, 0.29) is 6.10 Å². The van der Waals surface area contributed by atoms with Crippen LogP contribution in [0.4, 0.5) is 0 Å². The fraction of sp³-hybridized carbons (Fsp3) is 0.917. The molecule has 5 heteroatoms. The number of hydrazine groups is 1. The molecule has 1 rings (SSSR count). The quantitative estimate of drug-likeness (QED) is 0.445. The van der Waals surface area contributed by atoms with Crippen LogP contribution in [-0.4, -0.2) is 56.9 Å². The van der Waals surface area contributed by atoms with E-state index in [4.69, 9.17) is 9.47 Å². The Morgan fingerprint density at radius 2 is 2.18 bits per heavy atom. The summed E-state index contributed by atoms with van der Waals surface area (Å²) in [6.07, 6.45) is 2.07. The van der Waals surface area contributed by atoms with Crippen LogP contribution in [0.25, 0.3) is 0 Å². The van der Waals surface area contributed by atoms with Crippen LogP contribution < -0.4 is 5.43 Å². The van der Waals surface area contributed by atoms with Gasteiger partial charge in [-0.25, -0.2) is 5.43 Å². The fourth-order valence-corrected chi connectivity index (χ4v) is 2.24. The van der Waals surface area contributed by atoms with Crippen molar-refractivity contribution in [1.29, 1.82) is 0 Å². The highest BCUT2D eigenvalue weighted by Gasteiger charge is 2.26. The van der Waals surface area contributed by atoms with E-state index < -0.39 is 0 Å². The molecule has 0 amide bonds. The molecule has 0 radical (unpaired) electrons. The summed E-state index contributed by atoms with van der Waals surface area (Å²) < 4.78 is 11.0. The largest absolute Gasteiger partial charge is 0.381 e. The molecule has 17 heavy (non-hydrogen) atoms. The number of rotatable bonds is 5. The molecular formula is C12H25N3O2. The van der Waals surface area contributed by atoms with Crippen LogP contribution in [0.5, 0.6) is 0 Å². The minimum atomic E-state index is 0.0142. The molecule has 1 saturated heterocycles. The van der Waals surface area contributed by atoms with Crippen LogP contribution in [0, 0.1) is 0 Å². The molecular weight excluding hydrogens is 218 g/mol. The Labute approximate surface area is 104 Å². The Kier molecular flexibility index (Phi) is 6.47. The zero-order chi connectivity index (χ0) is 12.7. The normalized spacial score (nSPS) is 20.4. The Balaban J connectivity index is 2.68. The molecule has 0 spiro atoms. The van der Waals surface area contributed by atoms with Gasteiger partial charge in [0.15, 0.2) is 0 Å². The average Bonchev–Trinajstić information content (AvgIpc) is 2.37. The number of nitrogens with one attached hydrogen (secondary N) is 1. The van der Waals surface area contributed by atoms with Crippen molar-refractivity contribution in [2.45, 2.75) is 38.8 Å². The first kappa shape index (κ1) is 14.4. The van der Waals surface area contributed by atoms with Gasteiger partial charge in [-0.3, -0.25) is 10.0 Å². The predicted molar refractivity (Wildman–Crippen MR) is 69.2 cm³/mol. The summed E-state index contributed by atoms with van der Waals surface area (Å²) in [5.74, 6) is 0.959. The van der Waals surface area contributed by atoms with E-state index in [1.807, 2.05) is 27.9 Å². The molecule has 1 heterocycles. The maximum Gasteiger partial charge on any atom is 0.143 e. The van der Waals surface area contributed by atoms with E-state index in [9.17, 15) is 0 Å². The SMILES string of the molecule is CCOC(C)C(=NC)N(NC)C1CCOCC1. The number of amidine groups is 1. The smallest absolute Gasteiger partial charge is 0.143 e. The van der Waals surface area contributed by atoms with Crippen molar-refractivity contribution in [2.75, 3.05) is 33.9 Å². The Hall–Kier alpha value is -0.650. The van der Waals surface area contributed by atoms with Crippen LogP contribution >= 0.6 is 0 Å². The minimum absolute atomic E-state index is 0.0142. The lowest BCUT2D eigenvalue weighted by atomic mass is 10.1. The van der Waals surface area contributed by atoms with E-state index in [0.717, 1.165) is 31.9 Å². The Bertz CT molecular complexity index is 240. The summed E-state index contributed by atoms with van der Waals surface area (Å²) in [7, 11) is 3.74. The highest BCUT2D eigenvalue weighted by atomic mass is 16.5. The van der Waals surface area contributed by atoms with Crippen LogP contribution in [0.2, 0.25) is 0 Å². The van der Waals surface area contributed by atoms with Gasteiger partial charge in [0.1, 0.15) is 11.9 Å². The number of aliphatic imine (C=N–C) groups is 1. The second kappa shape index (κ2) is 7.63. The first-order valence-electron chi connectivity index (χ1n) is 6.37. The van der Waals surface area contributed by atoms with Crippen molar-refractivity contribution < 1.29 is 9.47 Å². The minimum Gasteiger partial charge on any atom is -0.381 e. The van der Waals surface area contributed by atoms with Crippen molar-refractivity contribution in [3.63, 3.8) is 0 Å². The topological polar surface area (TPSA) is 46.1 Å². The molecule has 1 unspecified atom stereocenters. The summed E-state index contributed by atoms with van der Waals surface area (Å²) in [4.78, 5) is 4.37. The van der Waals surface area contributed by atoms with Crippen molar-refractivity contribution in [2.24, 2.45) is 4.99 Å². The molecule has 0 aromatic carbocycles. The van der Waals surface area contributed by atoms with E-state index in [2.05, 4.69) is 15.4 Å². The maximum absolute atomic E-state index is 5.62. The predicted octanol–water partition coefficient (Wildman–Crippen LogP) is 1.06. The summed E-state index contributed by atoms with van der Waals surface area (Å²) in [5.41, 5.74) is 3.23. The van der Waals surface area contributed by atoms with Gasteiger partial charge in [0, 0.05) is 33.9 Å². The molecule has 1 aliphatic rings. The second-order valence-electron chi connectivity index (χ2n) is 4.12. The van der Waals surface area contributed by atoms with Gasteiger partial charge in [0.05, 0.1) is 6.04 Å². The molecule has 5 nitrogen and oxygen atoms in total. The third-order valence-electron chi connectivity index (χ3n) is 3.05. The van der Waals surface area contributed by atoms with Crippen LogP contribution in [0.1, 0.15) is 26.7 Å². The van der Waals surface area contributed by atoms with Gasteiger partial charge in [0.25, 0.3) is 0 Å². The van der Waals surface area contributed by atoms with Crippen molar-refractivity contribution in [3.8, 4) is 0 Å². The van der Waals surface area contributed by atoms with E-state index in [0.29, 0.717) is 12.6 Å². The molecule has 1 atom stereocenters. The lowest BCUT2D eigenvalue weighted by Gasteiger charge is -2.37. The van der Waals surface area contributed by atoms with Crippen molar-refractivity contribution in [3.05, 3.63) is 0 Å². The van der Waals surface area contributed by atoms with Crippen molar-refractivity contribution in [1.82, 2.24) is 10.4 Å². The van der Waals surface area contributed by atoms with Gasteiger partial charge in [-0.1, -0.05) is 0 Å². The Morgan fingerprint density at radius 1 is 1.53 bits per heavy atom. The van der Waals surface area contributed by atoms with Crippen LogP contribution in [-0.2, 0) is 9.47 Å². The highest BCUT2D eigenvalue weighted by Crippen LogP contribution is 2.15. The zero-order valence-electron chi connectivity index (χ0n) is 11.4. The summed E-state index contributed by atoms with van der Waals surface area (Å²) in [6, 6.07) is 0.440. The first-order valence-corrected chi connectivity index (χ1v) is 6.37. The van der Waals surface area contributed by atoms with Gasteiger partial charge in [-0.15, -0.1) is 0 Å². The standard InChI is InChI=1S/C12H25N3O2/c1-5-17-10(2)12(13-3)15(14-4)11-6-8-16-9-7-11/h10-11,14H,5-9H2,1-4H3. The van der Waals surface area contributed by atoms with E-state index in [1.165, 1.54) is 0 Å². The van der Waals surface area contributed by atoms with E-state index >= 15 is 0 Å². The summed E-state index contributed by atoms with van der Waals surface area (Å²) >= 11 is 0. The lowest BCUT2D eigenvalue weighted by Crippen LogP contribution is -2.53. The number of hydrogen-bond donors (Lipinski definition) is 1. The monoisotopic (exact) mass is 243 g/mol. The van der Waals surface area contributed by atoms with Crippen LogP contribution in [0.15, 0.2) is 4.99 Å². The molecule has 0 saturated carbocycles. The molecule has 100 valence electrons. The van der Waals surface area contributed by atoms with Crippen LogP contribution in [0.3, 0.4) is 0 Å². The fourth-order valence-electron chi connectivity index (χ4n) is 2.24. The lowest BCUT2D eigenvalue weighted by molar-refractivity contribution is 0.0365. The molecule has 0 aromatic rings. The zero-order valence-corrected chi connectivity index (χ0v) is 11.4. The van der Waals surface area contributed by atoms with Gasteiger partial charge in [-0.05, 0) is 26.7 Å². The first-order chi connectivity index (χ1) is 8.24. The molecule has 0 aromatic heterocycles. The molecule has 1 N–H and O–H groups in total. The number of nitrogens with zero attached hydrogens (tertiary/aromatic N) is 2. The van der Waals surface area contributed by atoms with Gasteiger partial charge < -0.3 is 9.47 Å². The van der Waals surface area contributed by atoms with Gasteiger partial charge in [0.2, 0.25) is 0 Å². The number of hydrogen-bond acceptors (Lipinski definition) is 4. The van der Waals surface area contributed by atoms with E-state index in [1.54, 1.807) is 0 Å². The third kappa shape index (κ3) is 3.94. The highest BCUT2D eigenvalue weighted by molar-refractivity contribution is 5.86. The van der Waals surface area contributed by atoms with Crippen molar-refractivity contribution >= 4 is 5.84 Å².